The molecule has 0 aliphatic heterocycles. The van der Waals surface area contributed by atoms with Crippen molar-refractivity contribution in [1.29, 1.82) is 0 Å². The Bertz CT molecular complexity index is 226. The Kier molecular flexibility index (Phi) is 5.30. The zero-order chi connectivity index (χ0) is 9.56. The van der Waals surface area contributed by atoms with E-state index < -0.39 is 0 Å². The van der Waals surface area contributed by atoms with Gasteiger partial charge in [-0.25, -0.2) is 0 Å². The minimum Gasteiger partial charge on any atom is -0.345 e. The highest BCUT2D eigenvalue weighted by atomic mass is 32.1. The topological polar surface area (TPSA) is 3.24 Å². The highest BCUT2D eigenvalue weighted by Gasteiger charge is 1.97. The maximum absolute atomic E-state index is 4.81. The van der Waals surface area contributed by atoms with Crippen molar-refractivity contribution in [1.82, 2.24) is 4.90 Å². The van der Waals surface area contributed by atoms with Crippen LogP contribution in [-0.2, 0) is 0 Å². The Morgan fingerprint density at radius 1 is 1.50 bits per heavy atom. The highest BCUT2D eigenvalue weighted by Crippen LogP contribution is 2.09. The predicted molar refractivity (Wildman–Crippen MR) is 59.1 cm³/mol. The second-order valence-electron chi connectivity index (χ2n) is 2.46. The zero-order valence-electron chi connectivity index (χ0n) is 7.87. The molecule has 0 aliphatic rings. The monoisotopic (exact) mass is 181 g/mol. The molecule has 0 aromatic carbocycles. The number of nitrogens with zero attached hydrogens (tertiary/aromatic N) is 1. The van der Waals surface area contributed by atoms with E-state index in [9.17, 15) is 0 Å². The molecule has 0 amide bonds. The van der Waals surface area contributed by atoms with E-state index in [0.29, 0.717) is 0 Å². The molecule has 0 aromatic rings. The molecule has 0 rings (SSSR count). The molecule has 0 spiro atoms. The summed E-state index contributed by atoms with van der Waals surface area (Å²) >= 11 is 4.81. The second kappa shape index (κ2) is 5.72. The van der Waals surface area contributed by atoms with Gasteiger partial charge < -0.3 is 4.90 Å². The number of rotatable bonds is 4. The molecule has 0 aliphatic carbocycles. The van der Waals surface area contributed by atoms with Gasteiger partial charge >= 0.3 is 0 Å². The van der Waals surface area contributed by atoms with Gasteiger partial charge in [-0.1, -0.05) is 37.0 Å². The first-order valence-electron chi connectivity index (χ1n) is 3.81. The molecule has 0 N–H and O–H groups in total. The Morgan fingerprint density at radius 2 is 2.08 bits per heavy atom. The Labute approximate surface area is 80.1 Å². The van der Waals surface area contributed by atoms with Crippen molar-refractivity contribution >= 4 is 17.7 Å². The zero-order valence-corrected chi connectivity index (χ0v) is 8.69. The summed E-state index contributed by atoms with van der Waals surface area (Å²) in [6.07, 6.45) is 5.82. The van der Waals surface area contributed by atoms with Gasteiger partial charge in [0.15, 0.2) is 0 Å². The van der Waals surface area contributed by atoms with Crippen LogP contribution in [0.1, 0.15) is 13.8 Å². The van der Waals surface area contributed by atoms with Crippen molar-refractivity contribution < 1.29 is 0 Å². The van der Waals surface area contributed by atoms with Gasteiger partial charge in [-0.15, -0.1) is 0 Å². The van der Waals surface area contributed by atoms with Gasteiger partial charge in [0, 0.05) is 12.7 Å². The Balaban J connectivity index is 4.81. The normalized spacial score (nSPS) is 12.6. The first-order chi connectivity index (χ1) is 5.67. The molecule has 0 aromatic heterocycles. The van der Waals surface area contributed by atoms with Crippen molar-refractivity contribution in [3.05, 3.63) is 36.1 Å². The van der Waals surface area contributed by atoms with Gasteiger partial charge in [0.25, 0.3) is 0 Å². The third kappa shape index (κ3) is 3.01. The summed E-state index contributed by atoms with van der Waals surface area (Å²) in [5.74, 6) is 0. The van der Waals surface area contributed by atoms with Crippen molar-refractivity contribution in [3.8, 4) is 0 Å². The van der Waals surface area contributed by atoms with Gasteiger partial charge in [-0.3, -0.25) is 0 Å². The molecule has 0 radical (unpaired) electrons. The molecule has 0 fully saturated rings. The van der Waals surface area contributed by atoms with Crippen molar-refractivity contribution in [2.75, 3.05) is 7.05 Å². The summed E-state index contributed by atoms with van der Waals surface area (Å²) in [7, 11) is 1.93. The fraction of sp³-hybridized carbons (Fsp3) is 0.300. The average Bonchev–Trinajstić information content (AvgIpc) is 2.11. The fourth-order valence-corrected chi connectivity index (χ4v) is 0.957. The molecular formula is C10H15NS. The third-order valence-corrected chi connectivity index (χ3v) is 1.99. The van der Waals surface area contributed by atoms with Crippen LogP contribution in [0.5, 0.6) is 0 Å². The number of hydrogen-bond acceptors (Lipinski definition) is 1. The quantitative estimate of drug-likeness (QED) is 0.484. The SMILES string of the molecule is C=CC(/C=C\C)=C(/C)N(C)C=S. The van der Waals surface area contributed by atoms with Crippen molar-refractivity contribution in [2.45, 2.75) is 13.8 Å². The highest BCUT2D eigenvalue weighted by molar-refractivity contribution is 7.78. The lowest BCUT2D eigenvalue weighted by atomic mass is 10.2. The summed E-state index contributed by atoms with van der Waals surface area (Å²) in [5, 5.41) is 0. The van der Waals surface area contributed by atoms with E-state index in [-0.39, 0.29) is 0 Å². The molecule has 0 saturated heterocycles. The summed E-state index contributed by atoms with van der Waals surface area (Å²) < 4.78 is 0. The minimum absolute atomic E-state index is 1.10. The van der Waals surface area contributed by atoms with Crippen LogP contribution in [0, 0.1) is 0 Å². The van der Waals surface area contributed by atoms with Gasteiger partial charge in [-0.05, 0) is 19.4 Å². The lowest BCUT2D eigenvalue weighted by Crippen LogP contribution is -2.12. The molecular weight excluding hydrogens is 166 g/mol. The maximum Gasteiger partial charge on any atom is 0.0680 e. The van der Waals surface area contributed by atoms with Gasteiger partial charge in [-0.2, -0.15) is 0 Å². The van der Waals surface area contributed by atoms with Crippen LogP contribution < -0.4 is 0 Å². The van der Waals surface area contributed by atoms with Gasteiger partial charge in [0.2, 0.25) is 0 Å². The van der Waals surface area contributed by atoms with E-state index in [1.54, 1.807) is 5.49 Å². The molecule has 1 nitrogen and oxygen atoms in total. The second-order valence-corrected chi connectivity index (χ2v) is 2.67. The van der Waals surface area contributed by atoms with Crippen LogP contribution in [0.4, 0.5) is 0 Å². The Morgan fingerprint density at radius 3 is 2.42 bits per heavy atom. The predicted octanol–water partition coefficient (Wildman–Crippen LogP) is 2.91. The van der Waals surface area contributed by atoms with E-state index >= 15 is 0 Å². The van der Waals surface area contributed by atoms with E-state index in [0.717, 1.165) is 11.3 Å². The summed E-state index contributed by atoms with van der Waals surface area (Å²) in [6, 6.07) is 0. The third-order valence-electron chi connectivity index (χ3n) is 1.67. The first-order valence-corrected chi connectivity index (χ1v) is 4.28. The fourth-order valence-electron chi connectivity index (χ4n) is 0.799. The summed E-state index contributed by atoms with van der Waals surface area (Å²) in [4.78, 5) is 1.90. The molecule has 0 atom stereocenters. The van der Waals surface area contributed by atoms with Crippen LogP contribution in [-0.4, -0.2) is 17.4 Å². The smallest absolute Gasteiger partial charge is 0.0680 e. The Hall–Kier alpha value is -0.890. The molecule has 0 unspecified atom stereocenters. The molecule has 0 heterocycles. The van der Waals surface area contributed by atoms with Crippen LogP contribution in [0.15, 0.2) is 36.1 Å². The largest absolute Gasteiger partial charge is 0.345 e. The molecule has 66 valence electrons. The van der Waals surface area contributed by atoms with Crippen molar-refractivity contribution in [3.63, 3.8) is 0 Å². The average molecular weight is 181 g/mol. The van der Waals surface area contributed by atoms with Crippen LogP contribution in [0.3, 0.4) is 0 Å². The minimum atomic E-state index is 1.10. The van der Waals surface area contributed by atoms with Crippen LogP contribution in [0.25, 0.3) is 0 Å². The van der Waals surface area contributed by atoms with E-state index in [4.69, 9.17) is 12.2 Å². The standard InChI is InChI=1S/C10H15NS/c1-5-7-10(6-2)9(3)11(4)8-12/h5-8H,2H2,1,3-4H3/b7-5-,10-9+. The number of allylic oxidation sites excluding steroid dienone is 5. The van der Waals surface area contributed by atoms with E-state index in [1.165, 1.54) is 0 Å². The lowest BCUT2D eigenvalue weighted by molar-refractivity contribution is 0.651. The maximum atomic E-state index is 4.81. The summed E-state index contributed by atoms with van der Waals surface area (Å²) in [6.45, 7) is 7.73. The summed E-state index contributed by atoms with van der Waals surface area (Å²) in [5.41, 5.74) is 3.82. The lowest BCUT2D eigenvalue weighted by Gasteiger charge is -2.14. The number of thiocarbonyl (C=S) groups is 1. The van der Waals surface area contributed by atoms with Crippen LogP contribution in [0.2, 0.25) is 0 Å². The number of hydrogen-bond donors (Lipinski definition) is 0. The molecule has 12 heavy (non-hydrogen) atoms. The van der Waals surface area contributed by atoms with E-state index in [2.05, 4.69) is 6.58 Å². The molecule has 2 heteroatoms. The molecule has 0 bridgehead atoms. The molecule has 0 saturated carbocycles. The van der Waals surface area contributed by atoms with Crippen LogP contribution >= 0.6 is 12.2 Å². The van der Waals surface area contributed by atoms with Crippen molar-refractivity contribution in [2.24, 2.45) is 0 Å². The first kappa shape index (κ1) is 11.1. The van der Waals surface area contributed by atoms with E-state index in [1.807, 2.05) is 44.0 Å². The van der Waals surface area contributed by atoms with Gasteiger partial charge in [0.1, 0.15) is 0 Å². The van der Waals surface area contributed by atoms with Gasteiger partial charge in [0.05, 0.1) is 5.49 Å².